The van der Waals surface area contributed by atoms with Gasteiger partial charge < -0.3 is 4.74 Å². The van der Waals surface area contributed by atoms with Crippen LogP contribution in [0.1, 0.15) is 19.8 Å². The Labute approximate surface area is 103 Å². The number of pyridine rings is 1. The maximum absolute atomic E-state index is 11.3. The van der Waals surface area contributed by atoms with Crippen LogP contribution in [0.15, 0.2) is 12.1 Å². The van der Waals surface area contributed by atoms with E-state index in [0.717, 1.165) is 0 Å². The molecule has 0 radical (unpaired) electrons. The molecule has 0 N–H and O–H groups in total. The summed E-state index contributed by atoms with van der Waals surface area (Å²) >= 11 is 12.2. The van der Waals surface area contributed by atoms with Crippen LogP contribution in [0.5, 0.6) is 0 Å². The summed E-state index contributed by atoms with van der Waals surface area (Å²) in [4.78, 5) is 15.2. The number of rotatable bonds is 2. The van der Waals surface area contributed by atoms with Crippen molar-refractivity contribution in [3.8, 4) is 0 Å². The highest BCUT2D eigenvalue weighted by Gasteiger charge is 2.17. The van der Waals surface area contributed by atoms with Gasteiger partial charge >= 0.3 is 5.97 Å². The van der Waals surface area contributed by atoms with Crippen molar-refractivity contribution in [2.45, 2.75) is 3.74 Å². The lowest BCUT2D eigenvalue weighted by Crippen LogP contribution is -2.08. The first-order valence-corrected chi connectivity index (χ1v) is 5.80. The number of alkyl halides is 2. The maximum atomic E-state index is 11.3. The third-order valence-corrected chi connectivity index (χ3v) is 2.70. The third kappa shape index (κ3) is 2.68. The van der Waals surface area contributed by atoms with Crippen LogP contribution >= 0.6 is 43.5 Å². The van der Waals surface area contributed by atoms with Crippen LogP contribution in [-0.2, 0) is 4.74 Å². The van der Waals surface area contributed by atoms with Crippen molar-refractivity contribution >= 4 is 49.4 Å². The molecule has 0 aliphatic heterocycles. The molecule has 0 saturated carbocycles. The number of halogens is 3. The number of aromatic nitrogens is 1. The number of methoxy groups -OCH3 is 1. The molecule has 0 atom stereocenters. The summed E-state index contributed by atoms with van der Waals surface area (Å²) in [7, 11) is 1.30. The zero-order valence-electron chi connectivity index (χ0n) is 7.13. The van der Waals surface area contributed by atoms with Gasteiger partial charge in [0.25, 0.3) is 0 Å². The lowest BCUT2D eigenvalue weighted by molar-refractivity contribution is 0.0593. The molecule has 76 valence electrons. The standard InChI is InChI=1S/C8H6Br2ClNO2/c1-14-8(13)6-4(7(9)10)2-3-5(11)12-6/h2-3,7H,1H3. The summed E-state index contributed by atoms with van der Waals surface area (Å²) in [5.74, 6) is -0.508. The Balaban J connectivity index is 3.22. The second-order valence-corrected chi connectivity index (χ2v) is 5.81. The number of carbonyl (C=O) groups excluding carboxylic acids is 1. The fraction of sp³-hybridized carbons (Fsp3) is 0.250. The summed E-state index contributed by atoms with van der Waals surface area (Å²) in [6.07, 6.45) is 0. The lowest BCUT2D eigenvalue weighted by atomic mass is 10.2. The topological polar surface area (TPSA) is 39.2 Å². The largest absolute Gasteiger partial charge is 0.464 e. The van der Waals surface area contributed by atoms with Crippen LogP contribution in [0.4, 0.5) is 0 Å². The molecule has 0 spiro atoms. The molecule has 0 fully saturated rings. The van der Waals surface area contributed by atoms with Gasteiger partial charge in [-0.25, -0.2) is 9.78 Å². The summed E-state index contributed by atoms with van der Waals surface area (Å²) in [6, 6.07) is 3.31. The highest BCUT2D eigenvalue weighted by Crippen LogP contribution is 2.31. The quantitative estimate of drug-likeness (QED) is 0.470. The predicted molar refractivity (Wildman–Crippen MR) is 61.2 cm³/mol. The first-order valence-electron chi connectivity index (χ1n) is 3.59. The number of hydrogen-bond donors (Lipinski definition) is 0. The van der Waals surface area contributed by atoms with E-state index in [1.165, 1.54) is 7.11 Å². The normalized spacial score (nSPS) is 10.4. The molecule has 1 aromatic rings. The van der Waals surface area contributed by atoms with E-state index in [1.54, 1.807) is 12.1 Å². The van der Waals surface area contributed by atoms with Crippen LogP contribution in [0.25, 0.3) is 0 Å². The van der Waals surface area contributed by atoms with Crippen molar-refractivity contribution in [2.24, 2.45) is 0 Å². The van der Waals surface area contributed by atoms with Crippen LogP contribution in [-0.4, -0.2) is 18.1 Å². The Hall–Kier alpha value is -0.130. The van der Waals surface area contributed by atoms with Gasteiger partial charge in [0.05, 0.1) is 10.8 Å². The van der Waals surface area contributed by atoms with Gasteiger partial charge in [-0.05, 0) is 6.07 Å². The average molecular weight is 343 g/mol. The Morgan fingerprint density at radius 1 is 1.57 bits per heavy atom. The van der Waals surface area contributed by atoms with Crippen molar-refractivity contribution in [3.05, 3.63) is 28.5 Å². The van der Waals surface area contributed by atoms with Crippen LogP contribution in [0.3, 0.4) is 0 Å². The molecule has 0 bridgehead atoms. The molecule has 14 heavy (non-hydrogen) atoms. The number of nitrogens with zero attached hydrogens (tertiary/aromatic N) is 1. The Bertz CT molecular complexity index is 357. The monoisotopic (exact) mass is 341 g/mol. The predicted octanol–water partition coefficient (Wildman–Crippen LogP) is 3.31. The SMILES string of the molecule is COC(=O)c1nc(Cl)ccc1C(Br)Br. The highest BCUT2D eigenvalue weighted by molar-refractivity contribution is 9.24. The van der Waals surface area contributed by atoms with E-state index in [-0.39, 0.29) is 14.6 Å². The summed E-state index contributed by atoms with van der Waals surface area (Å²) < 4.78 is 4.42. The summed E-state index contributed by atoms with van der Waals surface area (Å²) in [5.41, 5.74) is 0.889. The van der Waals surface area contributed by atoms with E-state index < -0.39 is 5.97 Å². The fourth-order valence-electron chi connectivity index (χ4n) is 0.882. The lowest BCUT2D eigenvalue weighted by Gasteiger charge is -2.07. The zero-order chi connectivity index (χ0) is 10.7. The molecule has 0 amide bonds. The van der Waals surface area contributed by atoms with E-state index in [0.29, 0.717) is 5.56 Å². The van der Waals surface area contributed by atoms with Gasteiger partial charge in [0.15, 0.2) is 5.69 Å². The second kappa shape index (κ2) is 5.09. The minimum absolute atomic E-state index is 0.158. The molecule has 1 heterocycles. The molecule has 0 saturated heterocycles. The molecule has 0 aliphatic rings. The molecule has 0 aromatic carbocycles. The Morgan fingerprint density at radius 3 is 2.71 bits per heavy atom. The van der Waals surface area contributed by atoms with E-state index >= 15 is 0 Å². The summed E-state index contributed by atoms with van der Waals surface area (Å²) in [5, 5.41) is 0.259. The van der Waals surface area contributed by atoms with Crippen LogP contribution in [0, 0.1) is 0 Å². The van der Waals surface area contributed by atoms with Gasteiger partial charge in [-0.1, -0.05) is 49.5 Å². The van der Waals surface area contributed by atoms with E-state index in [2.05, 4.69) is 41.6 Å². The van der Waals surface area contributed by atoms with E-state index in [9.17, 15) is 4.79 Å². The molecule has 6 heteroatoms. The number of ether oxygens (including phenoxy) is 1. The number of esters is 1. The van der Waals surface area contributed by atoms with Gasteiger partial charge in [0, 0.05) is 5.56 Å². The summed E-state index contributed by atoms with van der Waals surface area (Å²) in [6.45, 7) is 0. The highest BCUT2D eigenvalue weighted by atomic mass is 79.9. The van der Waals surface area contributed by atoms with Crippen molar-refractivity contribution in [2.75, 3.05) is 7.11 Å². The van der Waals surface area contributed by atoms with Gasteiger partial charge in [0.2, 0.25) is 0 Å². The minimum atomic E-state index is -0.508. The third-order valence-electron chi connectivity index (χ3n) is 1.51. The minimum Gasteiger partial charge on any atom is -0.464 e. The van der Waals surface area contributed by atoms with Crippen molar-refractivity contribution in [3.63, 3.8) is 0 Å². The van der Waals surface area contributed by atoms with Crippen molar-refractivity contribution in [1.82, 2.24) is 4.98 Å². The molecule has 3 nitrogen and oxygen atoms in total. The zero-order valence-corrected chi connectivity index (χ0v) is 11.1. The van der Waals surface area contributed by atoms with E-state index in [4.69, 9.17) is 11.6 Å². The molecule has 0 aliphatic carbocycles. The van der Waals surface area contributed by atoms with E-state index in [1.807, 2.05) is 0 Å². The number of carbonyl (C=O) groups is 1. The van der Waals surface area contributed by atoms with Gasteiger partial charge in [0.1, 0.15) is 5.15 Å². The molecular formula is C8H6Br2ClNO2. The fourth-order valence-corrected chi connectivity index (χ4v) is 1.77. The maximum Gasteiger partial charge on any atom is 0.357 e. The average Bonchev–Trinajstić information content (AvgIpc) is 2.16. The van der Waals surface area contributed by atoms with Gasteiger partial charge in [-0.15, -0.1) is 0 Å². The molecule has 1 rings (SSSR count). The van der Waals surface area contributed by atoms with Crippen molar-refractivity contribution in [1.29, 1.82) is 0 Å². The van der Waals surface area contributed by atoms with Gasteiger partial charge in [-0.3, -0.25) is 0 Å². The van der Waals surface area contributed by atoms with Gasteiger partial charge in [-0.2, -0.15) is 0 Å². The van der Waals surface area contributed by atoms with Crippen LogP contribution < -0.4 is 0 Å². The molecule has 1 aromatic heterocycles. The van der Waals surface area contributed by atoms with Crippen molar-refractivity contribution < 1.29 is 9.53 Å². The molecule has 0 unspecified atom stereocenters. The van der Waals surface area contributed by atoms with Crippen LogP contribution in [0.2, 0.25) is 5.15 Å². The second-order valence-electron chi connectivity index (χ2n) is 2.36. The first kappa shape index (κ1) is 11.9. The molecular weight excluding hydrogens is 337 g/mol. The Morgan fingerprint density at radius 2 is 2.21 bits per heavy atom. The Kier molecular flexibility index (Phi) is 4.34. The smallest absolute Gasteiger partial charge is 0.357 e. The first-order chi connectivity index (χ1) is 6.56. The number of hydrogen-bond acceptors (Lipinski definition) is 3.